The number of hydrogen-bond acceptors (Lipinski definition) is 3. The van der Waals surface area contributed by atoms with Crippen LogP contribution in [0.25, 0.3) is 0 Å². The highest BCUT2D eigenvalue weighted by atomic mass is 127. The number of hydrogen-bond donors (Lipinski definition) is 3. The van der Waals surface area contributed by atoms with Gasteiger partial charge in [-0.3, -0.25) is 9.48 Å². The smallest absolute Gasteiger partial charge is 0.251 e. The van der Waals surface area contributed by atoms with Crippen molar-refractivity contribution in [1.29, 1.82) is 0 Å². The fourth-order valence-corrected chi connectivity index (χ4v) is 3.36. The summed E-state index contributed by atoms with van der Waals surface area (Å²) in [5.74, 6) is 0.752. The summed E-state index contributed by atoms with van der Waals surface area (Å²) in [5.41, 5.74) is 5.29. The number of rotatable bonds is 9. The van der Waals surface area contributed by atoms with Gasteiger partial charge in [-0.05, 0) is 70.7 Å². The lowest BCUT2D eigenvalue weighted by Gasteiger charge is -2.18. The number of carbonyl (C=O) groups is 1. The molecule has 0 radical (unpaired) electrons. The predicted molar refractivity (Wildman–Crippen MR) is 143 cm³/mol. The van der Waals surface area contributed by atoms with Crippen LogP contribution in [-0.2, 0) is 20.0 Å². The number of aliphatic imine (C=N–C) groups is 1. The summed E-state index contributed by atoms with van der Waals surface area (Å²) < 4.78 is 1.93. The number of carbonyl (C=O) groups excluding carboxylic acids is 1. The number of amides is 1. The molecule has 0 saturated heterocycles. The molecule has 1 amide bonds. The predicted octanol–water partition coefficient (Wildman–Crippen LogP) is 3.87. The van der Waals surface area contributed by atoms with E-state index < -0.39 is 0 Å². The van der Waals surface area contributed by atoms with Crippen molar-refractivity contribution in [2.45, 2.75) is 73.0 Å². The van der Waals surface area contributed by atoms with E-state index in [4.69, 9.17) is 4.99 Å². The van der Waals surface area contributed by atoms with Crippen LogP contribution in [-0.4, -0.2) is 40.3 Å². The monoisotopic (exact) mass is 554 g/mol. The van der Waals surface area contributed by atoms with E-state index in [0.717, 1.165) is 36.6 Å². The van der Waals surface area contributed by atoms with E-state index in [0.29, 0.717) is 12.1 Å². The Balaban J connectivity index is 0.00000512. The molecule has 2 unspecified atom stereocenters. The zero-order chi connectivity index (χ0) is 23.0. The molecule has 0 fully saturated rings. The molecule has 1 aromatic carbocycles. The van der Waals surface area contributed by atoms with Crippen LogP contribution in [0.3, 0.4) is 0 Å². The van der Waals surface area contributed by atoms with Crippen LogP contribution in [0, 0.1) is 13.8 Å². The standard InChI is InChI=1S/C24H38N6O.HI/c1-8-16(3)27-23(31)21-12-10-20(11-13-21)15-26-24(25-9-2)28-17(4)14-22-18(5)29-30(7)19(22)6;/h10-13,16-17H,8-9,14-15H2,1-7H3,(H,27,31)(H2,25,26,28);1H. The second-order valence-electron chi connectivity index (χ2n) is 8.20. The second kappa shape index (κ2) is 13.4. The molecule has 0 saturated carbocycles. The summed E-state index contributed by atoms with van der Waals surface area (Å²) >= 11 is 0. The van der Waals surface area contributed by atoms with Crippen molar-refractivity contribution in [2.75, 3.05) is 6.54 Å². The van der Waals surface area contributed by atoms with Crippen LogP contribution in [0.4, 0.5) is 0 Å². The van der Waals surface area contributed by atoms with Gasteiger partial charge in [-0.2, -0.15) is 5.10 Å². The van der Waals surface area contributed by atoms with Gasteiger partial charge in [0.2, 0.25) is 0 Å². The Hall–Kier alpha value is -2.10. The Kier molecular flexibility index (Phi) is 11.7. The number of aryl methyl sites for hydroxylation is 2. The van der Waals surface area contributed by atoms with Gasteiger partial charge < -0.3 is 16.0 Å². The molecule has 32 heavy (non-hydrogen) atoms. The van der Waals surface area contributed by atoms with Crippen molar-refractivity contribution in [3.63, 3.8) is 0 Å². The minimum Gasteiger partial charge on any atom is -0.357 e. The van der Waals surface area contributed by atoms with E-state index >= 15 is 0 Å². The van der Waals surface area contributed by atoms with Gasteiger partial charge in [0, 0.05) is 36.9 Å². The number of halogens is 1. The van der Waals surface area contributed by atoms with Crippen LogP contribution in [0.15, 0.2) is 29.3 Å². The minimum atomic E-state index is -0.0331. The van der Waals surface area contributed by atoms with Crippen molar-refractivity contribution in [3.05, 3.63) is 52.3 Å². The number of aromatic nitrogens is 2. The van der Waals surface area contributed by atoms with Crippen LogP contribution in [0.2, 0.25) is 0 Å². The van der Waals surface area contributed by atoms with E-state index in [1.807, 2.05) is 42.9 Å². The lowest BCUT2D eigenvalue weighted by atomic mass is 10.1. The molecular formula is C24H39IN6O. The molecule has 0 spiro atoms. The van der Waals surface area contributed by atoms with Crippen LogP contribution >= 0.6 is 24.0 Å². The van der Waals surface area contributed by atoms with Gasteiger partial charge in [0.1, 0.15) is 0 Å². The molecular weight excluding hydrogens is 515 g/mol. The van der Waals surface area contributed by atoms with E-state index in [1.165, 1.54) is 11.3 Å². The van der Waals surface area contributed by atoms with Crippen molar-refractivity contribution in [3.8, 4) is 0 Å². The quantitative estimate of drug-likeness (QED) is 0.250. The molecule has 8 heteroatoms. The normalized spacial score (nSPS) is 13.2. The number of nitrogens with one attached hydrogen (secondary N) is 3. The van der Waals surface area contributed by atoms with Gasteiger partial charge in [-0.15, -0.1) is 24.0 Å². The first-order chi connectivity index (χ1) is 14.7. The average molecular weight is 555 g/mol. The zero-order valence-electron chi connectivity index (χ0n) is 20.5. The molecule has 0 bridgehead atoms. The Morgan fingerprint density at radius 2 is 1.75 bits per heavy atom. The number of nitrogens with zero attached hydrogens (tertiary/aromatic N) is 3. The number of guanidine groups is 1. The average Bonchev–Trinajstić information content (AvgIpc) is 2.98. The van der Waals surface area contributed by atoms with Crippen molar-refractivity contribution in [2.24, 2.45) is 12.0 Å². The van der Waals surface area contributed by atoms with E-state index in [2.05, 4.69) is 55.7 Å². The molecule has 7 nitrogen and oxygen atoms in total. The molecule has 1 aromatic heterocycles. The Morgan fingerprint density at radius 3 is 2.28 bits per heavy atom. The maximum atomic E-state index is 12.2. The summed E-state index contributed by atoms with van der Waals surface area (Å²) in [6.07, 6.45) is 1.80. The summed E-state index contributed by atoms with van der Waals surface area (Å²) in [4.78, 5) is 17.0. The first-order valence-corrected chi connectivity index (χ1v) is 11.2. The first-order valence-electron chi connectivity index (χ1n) is 11.2. The molecule has 2 atom stereocenters. The summed E-state index contributed by atoms with van der Waals surface area (Å²) in [5, 5.41) is 14.3. The van der Waals surface area contributed by atoms with Gasteiger partial charge in [0.05, 0.1) is 12.2 Å². The van der Waals surface area contributed by atoms with Gasteiger partial charge >= 0.3 is 0 Å². The van der Waals surface area contributed by atoms with Gasteiger partial charge in [-0.25, -0.2) is 4.99 Å². The molecule has 0 aliphatic carbocycles. The first kappa shape index (κ1) is 27.9. The molecule has 178 valence electrons. The van der Waals surface area contributed by atoms with Crippen LogP contribution in [0.1, 0.15) is 67.0 Å². The lowest BCUT2D eigenvalue weighted by molar-refractivity contribution is 0.0939. The van der Waals surface area contributed by atoms with Gasteiger partial charge in [-0.1, -0.05) is 19.1 Å². The maximum absolute atomic E-state index is 12.2. The SMILES string of the molecule is CCNC(=NCc1ccc(C(=O)NC(C)CC)cc1)NC(C)Cc1c(C)nn(C)c1C.I. The molecule has 0 aliphatic rings. The summed E-state index contributed by atoms with van der Waals surface area (Å²) in [6, 6.07) is 8.03. The minimum absolute atomic E-state index is 0. The third-order valence-electron chi connectivity index (χ3n) is 5.52. The summed E-state index contributed by atoms with van der Waals surface area (Å²) in [7, 11) is 1.98. The fraction of sp³-hybridized carbons (Fsp3) is 0.542. The van der Waals surface area contributed by atoms with Gasteiger partial charge in [0.15, 0.2) is 5.96 Å². The molecule has 0 aliphatic heterocycles. The van der Waals surface area contributed by atoms with E-state index in [1.54, 1.807) is 0 Å². The van der Waals surface area contributed by atoms with E-state index in [9.17, 15) is 4.79 Å². The van der Waals surface area contributed by atoms with Crippen molar-refractivity contribution < 1.29 is 4.79 Å². The fourth-order valence-electron chi connectivity index (χ4n) is 3.36. The molecule has 1 heterocycles. The molecule has 2 rings (SSSR count). The summed E-state index contributed by atoms with van der Waals surface area (Å²) in [6.45, 7) is 13.8. The maximum Gasteiger partial charge on any atom is 0.251 e. The highest BCUT2D eigenvalue weighted by Crippen LogP contribution is 2.14. The molecule has 2 aromatic rings. The largest absolute Gasteiger partial charge is 0.357 e. The van der Waals surface area contributed by atoms with E-state index in [-0.39, 0.29) is 42.0 Å². The van der Waals surface area contributed by atoms with Crippen LogP contribution in [0.5, 0.6) is 0 Å². The highest BCUT2D eigenvalue weighted by Gasteiger charge is 2.14. The van der Waals surface area contributed by atoms with Crippen molar-refractivity contribution in [1.82, 2.24) is 25.7 Å². The third-order valence-corrected chi connectivity index (χ3v) is 5.52. The van der Waals surface area contributed by atoms with Gasteiger partial charge in [0.25, 0.3) is 5.91 Å². The van der Waals surface area contributed by atoms with Crippen LogP contribution < -0.4 is 16.0 Å². The number of benzene rings is 1. The second-order valence-corrected chi connectivity index (χ2v) is 8.20. The van der Waals surface area contributed by atoms with Crippen molar-refractivity contribution >= 4 is 35.8 Å². The Labute approximate surface area is 209 Å². The Morgan fingerprint density at radius 1 is 1.09 bits per heavy atom. The zero-order valence-corrected chi connectivity index (χ0v) is 22.8. The Bertz CT molecular complexity index is 891. The topological polar surface area (TPSA) is 83.3 Å². The molecule has 3 N–H and O–H groups in total. The third kappa shape index (κ3) is 8.11. The highest BCUT2D eigenvalue weighted by molar-refractivity contribution is 14.0. The lowest BCUT2D eigenvalue weighted by Crippen LogP contribution is -2.43.